The predicted octanol–water partition coefficient (Wildman–Crippen LogP) is 4.93. The van der Waals surface area contributed by atoms with Crippen molar-refractivity contribution in [3.8, 4) is 11.5 Å². The SMILES string of the molecule is CC(N)c1ccc(Oc2ccc(Br)cc2[N+](=O)[O-])cc1Br. The van der Waals surface area contributed by atoms with E-state index in [4.69, 9.17) is 10.5 Å². The lowest BCUT2D eigenvalue weighted by molar-refractivity contribution is -0.385. The smallest absolute Gasteiger partial charge is 0.312 e. The number of halogens is 2. The highest BCUT2D eigenvalue weighted by Gasteiger charge is 2.17. The van der Waals surface area contributed by atoms with Crippen molar-refractivity contribution in [1.82, 2.24) is 0 Å². The summed E-state index contributed by atoms with van der Waals surface area (Å²) in [6.07, 6.45) is 0. The molecule has 0 heterocycles. The normalized spacial score (nSPS) is 12.0. The molecule has 0 aromatic heterocycles. The fourth-order valence-corrected chi connectivity index (χ4v) is 2.85. The van der Waals surface area contributed by atoms with E-state index in [0.29, 0.717) is 10.2 Å². The first-order valence-electron chi connectivity index (χ1n) is 6.05. The minimum absolute atomic E-state index is 0.100. The van der Waals surface area contributed by atoms with Crippen molar-refractivity contribution in [2.45, 2.75) is 13.0 Å². The van der Waals surface area contributed by atoms with Gasteiger partial charge in [-0.15, -0.1) is 0 Å². The van der Waals surface area contributed by atoms with Crippen LogP contribution in [0.2, 0.25) is 0 Å². The van der Waals surface area contributed by atoms with Gasteiger partial charge in [0.2, 0.25) is 5.75 Å². The Hall–Kier alpha value is -1.44. The number of nitro benzene ring substituents is 1. The maximum absolute atomic E-state index is 11.1. The van der Waals surface area contributed by atoms with Gasteiger partial charge in [0.25, 0.3) is 0 Å². The molecule has 7 heteroatoms. The second kappa shape index (κ2) is 6.55. The summed E-state index contributed by atoms with van der Waals surface area (Å²) in [7, 11) is 0. The molecule has 5 nitrogen and oxygen atoms in total. The molecule has 1 atom stereocenters. The first kappa shape index (κ1) is 15.9. The summed E-state index contributed by atoms with van der Waals surface area (Å²) in [6, 6.07) is 9.83. The predicted molar refractivity (Wildman–Crippen MR) is 87.6 cm³/mol. The summed E-state index contributed by atoms with van der Waals surface area (Å²) in [4.78, 5) is 10.6. The van der Waals surface area contributed by atoms with E-state index in [0.717, 1.165) is 10.0 Å². The van der Waals surface area contributed by atoms with Gasteiger partial charge in [-0.25, -0.2) is 0 Å². The molecular formula is C14H12Br2N2O3. The molecule has 21 heavy (non-hydrogen) atoms. The minimum atomic E-state index is -0.481. The van der Waals surface area contributed by atoms with E-state index >= 15 is 0 Å². The van der Waals surface area contributed by atoms with Gasteiger partial charge in [-0.1, -0.05) is 37.9 Å². The van der Waals surface area contributed by atoms with E-state index in [9.17, 15) is 10.1 Å². The lowest BCUT2D eigenvalue weighted by Crippen LogP contribution is -2.05. The number of nitrogens with zero attached hydrogens (tertiary/aromatic N) is 1. The van der Waals surface area contributed by atoms with Gasteiger partial charge in [-0.3, -0.25) is 10.1 Å². The molecule has 0 fully saturated rings. The van der Waals surface area contributed by atoms with E-state index in [1.807, 2.05) is 13.0 Å². The number of rotatable bonds is 4. The van der Waals surface area contributed by atoms with Crippen molar-refractivity contribution in [2.24, 2.45) is 5.73 Å². The summed E-state index contributed by atoms with van der Waals surface area (Å²) < 4.78 is 7.03. The van der Waals surface area contributed by atoms with Gasteiger partial charge in [0.1, 0.15) is 5.75 Å². The van der Waals surface area contributed by atoms with Crippen LogP contribution in [0.3, 0.4) is 0 Å². The third-order valence-corrected chi connectivity index (χ3v) is 3.99. The number of nitro groups is 1. The zero-order valence-electron chi connectivity index (χ0n) is 11.0. The molecule has 2 aromatic rings. The number of nitrogens with two attached hydrogens (primary N) is 1. The fraction of sp³-hybridized carbons (Fsp3) is 0.143. The molecule has 0 radical (unpaired) electrons. The van der Waals surface area contributed by atoms with Crippen LogP contribution in [-0.4, -0.2) is 4.92 Å². The first-order chi connectivity index (χ1) is 9.88. The fourth-order valence-electron chi connectivity index (χ4n) is 1.79. The van der Waals surface area contributed by atoms with Crippen molar-refractivity contribution in [1.29, 1.82) is 0 Å². The zero-order chi connectivity index (χ0) is 15.6. The van der Waals surface area contributed by atoms with Crippen molar-refractivity contribution >= 4 is 37.5 Å². The molecule has 2 aromatic carbocycles. The maximum atomic E-state index is 11.1. The lowest BCUT2D eigenvalue weighted by Gasteiger charge is -2.11. The Labute approximate surface area is 138 Å². The third kappa shape index (κ3) is 3.81. The highest BCUT2D eigenvalue weighted by Crippen LogP contribution is 2.35. The van der Waals surface area contributed by atoms with Crippen LogP contribution in [0.25, 0.3) is 0 Å². The molecule has 0 aliphatic carbocycles. The Morgan fingerprint density at radius 3 is 2.52 bits per heavy atom. The van der Waals surface area contributed by atoms with E-state index in [1.165, 1.54) is 6.07 Å². The van der Waals surface area contributed by atoms with Crippen molar-refractivity contribution in [3.05, 3.63) is 61.0 Å². The van der Waals surface area contributed by atoms with E-state index in [1.54, 1.807) is 24.3 Å². The van der Waals surface area contributed by atoms with E-state index in [-0.39, 0.29) is 17.5 Å². The van der Waals surface area contributed by atoms with Gasteiger partial charge in [-0.05, 0) is 36.8 Å². The summed E-state index contributed by atoms with van der Waals surface area (Å²) >= 11 is 6.62. The first-order valence-corrected chi connectivity index (χ1v) is 7.64. The molecule has 1 unspecified atom stereocenters. The second-order valence-corrected chi connectivity index (χ2v) is 6.21. The third-order valence-electron chi connectivity index (χ3n) is 2.81. The van der Waals surface area contributed by atoms with Gasteiger partial charge in [0.05, 0.1) is 4.92 Å². The average Bonchev–Trinajstić information content (AvgIpc) is 2.40. The molecule has 2 rings (SSSR count). The Morgan fingerprint density at radius 2 is 1.95 bits per heavy atom. The van der Waals surface area contributed by atoms with Gasteiger partial charge in [0.15, 0.2) is 0 Å². The molecule has 0 saturated carbocycles. The monoisotopic (exact) mass is 414 g/mol. The van der Waals surface area contributed by atoms with Gasteiger partial charge in [0, 0.05) is 21.1 Å². The number of hydrogen-bond acceptors (Lipinski definition) is 4. The van der Waals surface area contributed by atoms with Crippen molar-refractivity contribution in [3.63, 3.8) is 0 Å². The van der Waals surface area contributed by atoms with Crippen molar-refractivity contribution < 1.29 is 9.66 Å². The second-order valence-electron chi connectivity index (χ2n) is 4.44. The largest absolute Gasteiger partial charge is 0.450 e. The number of hydrogen-bond donors (Lipinski definition) is 1. The highest BCUT2D eigenvalue weighted by atomic mass is 79.9. The van der Waals surface area contributed by atoms with Crippen molar-refractivity contribution in [2.75, 3.05) is 0 Å². The van der Waals surface area contributed by atoms with Gasteiger partial charge in [-0.2, -0.15) is 0 Å². The summed E-state index contributed by atoms with van der Waals surface area (Å²) in [5.41, 5.74) is 6.67. The molecule has 2 N–H and O–H groups in total. The van der Waals surface area contributed by atoms with E-state index in [2.05, 4.69) is 31.9 Å². The maximum Gasteiger partial charge on any atom is 0.312 e. The van der Waals surface area contributed by atoms with Crippen LogP contribution in [0, 0.1) is 10.1 Å². The molecular weight excluding hydrogens is 404 g/mol. The Bertz CT molecular complexity index is 690. The van der Waals surface area contributed by atoms with Crippen LogP contribution in [0.1, 0.15) is 18.5 Å². The van der Waals surface area contributed by atoms with E-state index < -0.39 is 4.92 Å². The topological polar surface area (TPSA) is 78.4 Å². The van der Waals surface area contributed by atoms with Crippen LogP contribution in [0.15, 0.2) is 45.3 Å². The average molecular weight is 416 g/mol. The molecule has 0 saturated heterocycles. The number of benzene rings is 2. The standard InChI is InChI=1S/C14H12Br2N2O3/c1-8(17)11-4-3-10(7-12(11)16)21-14-5-2-9(15)6-13(14)18(19)20/h2-8H,17H2,1H3. The zero-order valence-corrected chi connectivity index (χ0v) is 14.2. The molecule has 0 bridgehead atoms. The van der Waals surface area contributed by atoms with Gasteiger partial charge < -0.3 is 10.5 Å². The molecule has 0 aliphatic rings. The summed E-state index contributed by atoms with van der Waals surface area (Å²) in [6.45, 7) is 1.88. The summed E-state index contributed by atoms with van der Waals surface area (Å²) in [5.74, 6) is 0.681. The van der Waals surface area contributed by atoms with Crippen LogP contribution >= 0.6 is 31.9 Å². The van der Waals surface area contributed by atoms with Crippen LogP contribution in [-0.2, 0) is 0 Å². The Balaban J connectivity index is 2.35. The Morgan fingerprint density at radius 1 is 1.24 bits per heavy atom. The molecule has 0 aliphatic heterocycles. The molecule has 0 spiro atoms. The Kier molecular flexibility index (Phi) is 4.97. The van der Waals surface area contributed by atoms with Crippen LogP contribution in [0.5, 0.6) is 11.5 Å². The van der Waals surface area contributed by atoms with Crippen LogP contribution < -0.4 is 10.5 Å². The van der Waals surface area contributed by atoms with Crippen LogP contribution in [0.4, 0.5) is 5.69 Å². The van der Waals surface area contributed by atoms with Gasteiger partial charge >= 0.3 is 5.69 Å². The molecule has 110 valence electrons. The lowest BCUT2D eigenvalue weighted by atomic mass is 10.1. The molecule has 0 amide bonds. The number of ether oxygens (including phenoxy) is 1. The summed E-state index contributed by atoms with van der Waals surface area (Å²) in [5, 5.41) is 11.1. The minimum Gasteiger partial charge on any atom is -0.450 e. The highest BCUT2D eigenvalue weighted by molar-refractivity contribution is 9.10. The quantitative estimate of drug-likeness (QED) is 0.567.